The number of aryl methyl sites for hydroxylation is 1. The maximum Gasteiger partial charge on any atom is 0.202 e. The van der Waals surface area contributed by atoms with Crippen molar-refractivity contribution in [1.82, 2.24) is 19.7 Å². The Labute approximate surface area is 114 Å². The molecule has 0 aliphatic heterocycles. The van der Waals surface area contributed by atoms with Gasteiger partial charge in [-0.2, -0.15) is 0 Å². The van der Waals surface area contributed by atoms with Gasteiger partial charge < -0.3 is 0 Å². The van der Waals surface area contributed by atoms with Gasteiger partial charge in [0.1, 0.15) is 0 Å². The zero-order valence-corrected chi connectivity index (χ0v) is 10.9. The molecule has 3 aromatic rings. The molecule has 0 atom stereocenters. The molecule has 19 heavy (non-hydrogen) atoms. The minimum Gasteiger partial charge on any atom is -0.247 e. The van der Waals surface area contributed by atoms with Crippen molar-refractivity contribution in [2.24, 2.45) is 12.0 Å². The van der Waals surface area contributed by atoms with Gasteiger partial charge in [-0.1, -0.05) is 23.7 Å². The number of aromatic nitrogens is 4. The van der Waals surface area contributed by atoms with Crippen LogP contribution in [-0.2, 0) is 7.05 Å². The van der Waals surface area contributed by atoms with Crippen molar-refractivity contribution in [3.63, 3.8) is 0 Å². The molecule has 0 amide bonds. The van der Waals surface area contributed by atoms with Gasteiger partial charge in [0, 0.05) is 30.7 Å². The number of aliphatic imine (C=N–C) groups is 1. The molecule has 0 aliphatic rings. The van der Waals surface area contributed by atoms with Gasteiger partial charge >= 0.3 is 0 Å². The maximum atomic E-state index is 5.83. The SMILES string of the molecule is Cn1nc(N=Cc2ccc(Cl)cc2)c2nccnc21. The van der Waals surface area contributed by atoms with Crippen molar-refractivity contribution in [3.05, 3.63) is 47.2 Å². The highest BCUT2D eigenvalue weighted by molar-refractivity contribution is 6.30. The number of nitrogens with zero attached hydrogens (tertiary/aromatic N) is 5. The molecule has 6 heteroatoms. The van der Waals surface area contributed by atoms with Crippen LogP contribution in [0.3, 0.4) is 0 Å². The third-order valence-corrected chi connectivity index (χ3v) is 2.90. The summed E-state index contributed by atoms with van der Waals surface area (Å²) < 4.78 is 1.66. The molecule has 0 saturated heterocycles. The van der Waals surface area contributed by atoms with Gasteiger partial charge in [0.25, 0.3) is 0 Å². The summed E-state index contributed by atoms with van der Waals surface area (Å²) in [5.74, 6) is 0.556. The van der Waals surface area contributed by atoms with E-state index in [1.54, 1.807) is 23.3 Å². The van der Waals surface area contributed by atoms with Crippen molar-refractivity contribution >= 4 is 34.8 Å². The van der Waals surface area contributed by atoms with Gasteiger partial charge in [-0.05, 0) is 17.7 Å². The fraction of sp³-hybridized carbons (Fsp3) is 0.0769. The van der Waals surface area contributed by atoms with E-state index in [2.05, 4.69) is 20.1 Å². The van der Waals surface area contributed by atoms with E-state index >= 15 is 0 Å². The van der Waals surface area contributed by atoms with Crippen LogP contribution in [0, 0.1) is 0 Å². The second kappa shape index (κ2) is 4.78. The van der Waals surface area contributed by atoms with Gasteiger partial charge in [-0.3, -0.25) is 0 Å². The summed E-state index contributed by atoms with van der Waals surface area (Å²) in [5.41, 5.74) is 2.35. The second-order valence-corrected chi connectivity index (χ2v) is 4.42. The Morgan fingerprint density at radius 2 is 1.89 bits per heavy atom. The smallest absolute Gasteiger partial charge is 0.202 e. The number of halogens is 1. The lowest BCUT2D eigenvalue weighted by Gasteiger charge is -1.92. The zero-order valence-electron chi connectivity index (χ0n) is 10.2. The minimum absolute atomic E-state index is 0.556. The summed E-state index contributed by atoms with van der Waals surface area (Å²) in [6.45, 7) is 0. The fourth-order valence-corrected chi connectivity index (χ4v) is 1.86. The molecule has 5 nitrogen and oxygen atoms in total. The Kier molecular flexibility index (Phi) is 2.97. The lowest BCUT2D eigenvalue weighted by atomic mass is 10.2. The van der Waals surface area contributed by atoms with Crippen LogP contribution in [0.2, 0.25) is 5.02 Å². The molecule has 2 heterocycles. The van der Waals surface area contributed by atoms with E-state index in [9.17, 15) is 0 Å². The summed E-state index contributed by atoms with van der Waals surface area (Å²) in [6, 6.07) is 7.42. The minimum atomic E-state index is 0.556. The quantitative estimate of drug-likeness (QED) is 0.674. The largest absolute Gasteiger partial charge is 0.247 e. The molecule has 0 aliphatic carbocycles. The predicted octanol–water partition coefficient (Wildman–Crippen LogP) is 2.77. The van der Waals surface area contributed by atoms with E-state index in [0.29, 0.717) is 22.0 Å². The van der Waals surface area contributed by atoms with E-state index in [1.807, 2.05) is 31.3 Å². The Balaban J connectivity index is 1.99. The summed E-state index contributed by atoms with van der Waals surface area (Å²) >= 11 is 5.83. The summed E-state index contributed by atoms with van der Waals surface area (Å²) in [5, 5.41) is 4.99. The first-order valence-corrected chi connectivity index (χ1v) is 6.05. The molecule has 3 rings (SSSR count). The molecule has 0 radical (unpaired) electrons. The molecule has 0 unspecified atom stereocenters. The Hall–Kier alpha value is -2.27. The molecule has 94 valence electrons. The number of benzene rings is 1. The van der Waals surface area contributed by atoms with Gasteiger partial charge in [0.05, 0.1) is 0 Å². The monoisotopic (exact) mass is 271 g/mol. The van der Waals surface area contributed by atoms with Crippen LogP contribution in [0.4, 0.5) is 5.82 Å². The van der Waals surface area contributed by atoms with Crippen LogP contribution in [0.5, 0.6) is 0 Å². The first-order chi connectivity index (χ1) is 9.24. The van der Waals surface area contributed by atoms with Gasteiger partial charge in [0.15, 0.2) is 11.2 Å². The van der Waals surface area contributed by atoms with Gasteiger partial charge in [-0.15, -0.1) is 5.10 Å². The highest BCUT2D eigenvalue weighted by atomic mass is 35.5. The molecule has 0 fully saturated rings. The highest BCUT2D eigenvalue weighted by Crippen LogP contribution is 2.20. The Morgan fingerprint density at radius 3 is 2.68 bits per heavy atom. The molecule has 0 spiro atoms. The zero-order chi connectivity index (χ0) is 13.2. The predicted molar refractivity (Wildman–Crippen MR) is 75.0 cm³/mol. The number of rotatable bonds is 2. The topological polar surface area (TPSA) is 56.0 Å². The van der Waals surface area contributed by atoms with Crippen molar-refractivity contribution in [3.8, 4) is 0 Å². The lowest BCUT2D eigenvalue weighted by molar-refractivity contribution is 0.787. The van der Waals surface area contributed by atoms with E-state index in [1.165, 1.54) is 0 Å². The standard InChI is InChI=1S/C13H10ClN5/c1-19-13-11(15-6-7-16-13)12(18-19)17-8-9-2-4-10(14)5-3-9/h2-8H,1H3. The third-order valence-electron chi connectivity index (χ3n) is 2.65. The number of hydrogen-bond acceptors (Lipinski definition) is 4. The Bertz CT molecular complexity index is 745. The third kappa shape index (κ3) is 2.32. The normalized spacial score (nSPS) is 11.5. The average Bonchev–Trinajstić information content (AvgIpc) is 2.76. The fourth-order valence-electron chi connectivity index (χ4n) is 1.73. The highest BCUT2D eigenvalue weighted by Gasteiger charge is 2.08. The van der Waals surface area contributed by atoms with Crippen LogP contribution >= 0.6 is 11.6 Å². The van der Waals surface area contributed by atoms with Crippen molar-refractivity contribution in [1.29, 1.82) is 0 Å². The maximum absolute atomic E-state index is 5.83. The van der Waals surface area contributed by atoms with Crippen LogP contribution in [-0.4, -0.2) is 26.0 Å². The number of fused-ring (bicyclic) bond motifs is 1. The molecule has 1 aromatic carbocycles. The second-order valence-electron chi connectivity index (χ2n) is 3.99. The molecule has 0 bridgehead atoms. The average molecular weight is 272 g/mol. The van der Waals surface area contributed by atoms with Gasteiger partial charge in [0.2, 0.25) is 5.82 Å². The van der Waals surface area contributed by atoms with Crippen molar-refractivity contribution in [2.45, 2.75) is 0 Å². The van der Waals surface area contributed by atoms with Crippen LogP contribution in [0.15, 0.2) is 41.7 Å². The molecule has 2 aromatic heterocycles. The van der Waals surface area contributed by atoms with Crippen LogP contribution in [0.25, 0.3) is 11.2 Å². The van der Waals surface area contributed by atoms with E-state index in [0.717, 1.165) is 5.56 Å². The van der Waals surface area contributed by atoms with Crippen molar-refractivity contribution in [2.75, 3.05) is 0 Å². The summed E-state index contributed by atoms with van der Waals surface area (Å²) in [4.78, 5) is 12.8. The van der Waals surface area contributed by atoms with Gasteiger partial charge in [-0.25, -0.2) is 19.6 Å². The summed E-state index contributed by atoms with van der Waals surface area (Å²) in [7, 11) is 1.82. The molecular formula is C13H10ClN5. The van der Waals surface area contributed by atoms with E-state index < -0.39 is 0 Å². The van der Waals surface area contributed by atoms with Crippen LogP contribution < -0.4 is 0 Å². The van der Waals surface area contributed by atoms with Crippen LogP contribution in [0.1, 0.15) is 5.56 Å². The number of hydrogen-bond donors (Lipinski definition) is 0. The molecule has 0 saturated carbocycles. The first kappa shape index (κ1) is 11.8. The Morgan fingerprint density at radius 1 is 1.16 bits per heavy atom. The summed E-state index contributed by atoms with van der Waals surface area (Å²) in [6.07, 6.45) is 4.99. The van der Waals surface area contributed by atoms with E-state index in [4.69, 9.17) is 11.6 Å². The first-order valence-electron chi connectivity index (χ1n) is 5.67. The van der Waals surface area contributed by atoms with Crippen molar-refractivity contribution < 1.29 is 0 Å². The molecule has 0 N–H and O–H groups in total. The van der Waals surface area contributed by atoms with E-state index in [-0.39, 0.29) is 0 Å². The molecular weight excluding hydrogens is 262 g/mol. The lowest BCUT2D eigenvalue weighted by Crippen LogP contribution is -1.91.